The molecule has 1 fully saturated rings. The molecule has 4 nitrogen and oxygen atoms in total. The molecule has 3 aromatic rings. The Morgan fingerprint density at radius 2 is 1.71 bits per heavy atom. The number of carbonyl (C=O) groups is 1. The second-order valence-electron chi connectivity index (χ2n) is 8.18. The van der Waals surface area contributed by atoms with E-state index in [-0.39, 0.29) is 17.1 Å². The molecule has 0 bridgehead atoms. The van der Waals surface area contributed by atoms with Gasteiger partial charge in [0.2, 0.25) is 0 Å². The molecule has 154 valence electrons. The van der Waals surface area contributed by atoms with Crippen molar-refractivity contribution in [2.45, 2.75) is 18.3 Å². The van der Waals surface area contributed by atoms with E-state index in [1.165, 1.54) is 12.1 Å². The van der Waals surface area contributed by atoms with Gasteiger partial charge in [-0.15, -0.1) is 0 Å². The zero-order chi connectivity index (χ0) is 21.4. The lowest BCUT2D eigenvalue weighted by Crippen LogP contribution is -2.40. The Morgan fingerprint density at radius 3 is 2.45 bits per heavy atom. The minimum atomic E-state index is -0.265. The van der Waals surface area contributed by atoms with Gasteiger partial charge in [0.05, 0.1) is 17.2 Å². The summed E-state index contributed by atoms with van der Waals surface area (Å²) in [6, 6.07) is 21.6. The summed E-state index contributed by atoms with van der Waals surface area (Å²) in [6.07, 6.45) is 1.66. The fourth-order valence-electron chi connectivity index (χ4n) is 4.77. The van der Waals surface area contributed by atoms with E-state index in [4.69, 9.17) is 4.74 Å². The van der Waals surface area contributed by atoms with Crippen LogP contribution in [-0.4, -0.2) is 25.7 Å². The summed E-state index contributed by atoms with van der Waals surface area (Å²) < 4.78 is 19.0. The molecule has 0 aliphatic carbocycles. The predicted octanol–water partition coefficient (Wildman–Crippen LogP) is 5.07. The Morgan fingerprint density at radius 1 is 1.00 bits per heavy atom. The second-order valence-corrected chi connectivity index (χ2v) is 8.18. The van der Waals surface area contributed by atoms with Crippen molar-refractivity contribution >= 4 is 11.6 Å². The maximum absolute atomic E-state index is 13.5. The molecular weight excluding hydrogens is 391 g/mol. The molecule has 1 amide bonds. The van der Waals surface area contributed by atoms with Crippen molar-refractivity contribution in [2.24, 2.45) is 0 Å². The molecular formula is C26H21FN2O2. The quantitative estimate of drug-likeness (QED) is 0.590. The molecule has 0 saturated carbocycles. The number of halogens is 1. The van der Waals surface area contributed by atoms with Crippen LogP contribution in [0.3, 0.4) is 0 Å². The maximum Gasteiger partial charge on any atom is 0.259 e. The van der Waals surface area contributed by atoms with Crippen molar-refractivity contribution in [1.29, 1.82) is 5.26 Å². The first-order valence-electron chi connectivity index (χ1n) is 10.4. The fraction of sp³-hybridized carbons (Fsp3) is 0.231. The van der Waals surface area contributed by atoms with E-state index in [2.05, 4.69) is 12.1 Å². The van der Waals surface area contributed by atoms with Crippen LogP contribution in [0.25, 0.3) is 11.1 Å². The molecule has 1 saturated heterocycles. The van der Waals surface area contributed by atoms with Gasteiger partial charge in [0.15, 0.2) is 0 Å². The lowest BCUT2D eigenvalue weighted by molar-refractivity contribution is 0.0547. The SMILES string of the molecule is N#Cc1ccccc1C(=O)N1CC2(CCOCC2)c2cc(-c3ccc(F)cc3)ccc21. The van der Waals surface area contributed by atoms with Crippen LogP contribution in [0.15, 0.2) is 66.7 Å². The summed E-state index contributed by atoms with van der Waals surface area (Å²) in [6.45, 7) is 1.87. The average molecular weight is 412 g/mol. The van der Waals surface area contributed by atoms with E-state index in [1.54, 1.807) is 36.4 Å². The maximum atomic E-state index is 13.5. The Bertz CT molecular complexity index is 1190. The van der Waals surface area contributed by atoms with Crippen LogP contribution in [-0.2, 0) is 10.2 Å². The molecule has 31 heavy (non-hydrogen) atoms. The third-order valence-corrected chi connectivity index (χ3v) is 6.47. The first-order valence-corrected chi connectivity index (χ1v) is 10.4. The van der Waals surface area contributed by atoms with Crippen LogP contribution in [0, 0.1) is 17.1 Å². The molecule has 5 rings (SSSR count). The van der Waals surface area contributed by atoms with Crippen LogP contribution >= 0.6 is 0 Å². The standard InChI is InChI=1S/C26H21FN2O2/c27-21-8-5-18(6-9-21)19-7-10-24-23(15-19)26(11-13-31-14-12-26)17-29(24)25(30)22-4-2-1-3-20(22)16-28/h1-10,15H,11-14,17H2. The lowest BCUT2D eigenvalue weighted by Gasteiger charge is -2.34. The van der Waals surface area contributed by atoms with Gasteiger partial charge in [0.25, 0.3) is 5.91 Å². The minimum absolute atomic E-state index is 0.156. The second kappa shape index (κ2) is 7.64. The number of hydrogen-bond acceptors (Lipinski definition) is 3. The zero-order valence-corrected chi connectivity index (χ0v) is 17.0. The molecule has 3 aromatic carbocycles. The highest BCUT2D eigenvalue weighted by atomic mass is 19.1. The lowest BCUT2D eigenvalue weighted by atomic mass is 9.75. The van der Waals surface area contributed by atoms with Gasteiger partial charge in [0, 0.05) is 30.9 Å². The van der Waals surface area contributed by atoms with E-state index < -0.39 is 0 Å². The van der Waals surface area contributed by atoms with Crippen LogP contribution in [0.5, 0.6) is 0 Å². The number of nitrogens with zero attached hydrogens (tertiary/aromatic N) is 2. The molecule has 0 unspecified atom stereocenters. The highest BCUT2D eigenvalue weighted by Crippen LogP contribution is 2.48. The number of ether oxygens (including phenoxy) is 1. The van der Waals surface area contributed by atoms with Crippen LogP contribution in [0.1, 0.15) is 34.3 Å². The van der Waals surface area contributed by atoms with Gasteiger partial charge in [0.1, 0.15) is 5.82 Å². The van der Waals surface area contributed by atoms with Crippen molar-refractivity contribution in [3.8, 4) is 17.2 Å². The molecule has 0 radical (unpaired) electrons. The molecule has 5 heteroatoms. The van der Waals surface area contributed by atoms with E-state index in [0.29, 0.717) is 30.9 Å². The summed E-state index contributed by atoms with van der Waals surface area (Å²) in [4.78, 5) is 15.3. The Kier molecular flexibility index (Phi) is 4.80. The Hall–Kier alpha value is -3.49. The Balaban J connectivity index is 1.61. The highest BCUT2D eigenvalue weighted by Gasteiger charge is 2.46. The largest absolute Gasteiger partial charge is 0.381 e. The normalized spacial score (nSPS) is 16.7. The summed E-state index contributed by atoms with van der Waals surface area (Å²) in [5, 5.41) is 9.47. The van der Waals surface area contributed by atoms with Gasteiger partial charge in [-0.1, -0.05) is 30.3 Å². The van der Waals surface area contributed by atoms with Crippen LogP contribution in [0.4, 0.5) is 10.1 Å². The number of benzene rings is 3. The van der Waals surface area contributed by atoms with Crippen molar-refractivity contribution in [3.63, 3.8) is 0 Å². The zero-order valence-electron chi connectivity index (χ0n) is 17.0. The fourth-order valence-corrected chi connectivity index (χ4v) is 4.77. The number of carbonyl (C=O) groups excluding carboxylic acids is 1. The van der Waals surface area contributed by atoms with Crippen molar-refractivity contribution in [2.75, 3.05) is 24.7 Å². The van der Waals surface area contributed by atoms with Crippen LogP contribution in [0.2, 0.25) is 0 Å². The molecule has 0 N–H and O–H groups in total. The van der Waals surface area contributed by atoms with Crippen molar-refractivity contribution in [1.82, 2.24) is 0 Å². The predicted molar refractivity (Wildman–Crippen MR) is 116 cm³/mol. The average Bonchev–Trinajstić information content (AvgIpc) is 3.12. The topological polar surface area (TPSA) is 53.3 Å². The molecule has 2 heterocycles. The minimum Gasteiger partial charge on any atom is -0.381 e. The number of amides is 1. The third kappa shape index (κ3) is 3.30. The van der Waals surface area contributed by atoms with E-state index in [9.17, 15) is 14.4 Å². The number of rotatable bonds is 2. The van der Waals surface area contributed by atoms with Gasteiger partial charge in [-0.2, -0.15) is 5.26 Å². The summed E-state index contributed by atoms with van der Waals surface area (Å²) in [5.41, 5.74) is 4.56. The smallest absolute Gasteiger partial charge is 0.259 e. The van der Waals surface area contributed by atoms with Gasteiger partial charge in [-0.3, -0.25) is 4.79 Å². The number of fused-ring (bicyclic) bond motifs is 2. The molecule has 0 atom stereocenters. The third-order valence-electron chi connectivity index (χ3n) is 6.47. The first kappa shape index (κ1) is 19.5. The Labute approximate surface area is 180 Å². The molecule has 0 aromatic heterocycles. The van der Waals surface area contributed by atoms with Gasteiger partial charge in [-0.05, 0) is 65.9 Å². The molecule has 2 aliphatic heterocycles. The summed E-state index contributed by atoms with van der Waals surface area (Å²) >= 11 is 0. The molecule has 2 aliphatic rings. The monoisotopic (exact) mass is 412 g/mol. The van der Waals surface area contributed by atoms with Crippen LogP contribution < -0.4 is 4.90 Å². The van der Waals surface area contributed by atoms with Crippen molar-refractivity contribution in [3.05, 3.63) is 89.2 Å². The van der Waals surface area contributed by atoms with Crippen molar-refractivity contribution < 1.29 is 13.9 Å². The number of anilines is 1. The van der Waals surface area contributed by atoms with Gasteiger partial charge in [-0.25, -0.2) is 4.39 Å². The van der Waals surface area contributed by atoms with E-state index in [0.717, 1.165) is 35.2 Å². The van der Waals surface area contributed by atoms with E-state index >= 15 is 0 Å². The van der Waals surface area contributed by atoms with E-state index in [1.807, 2.05) is 17.0 Å². The van der Waals surface area contributed by atoms with Gasteiger partial charge >= 0.3 is 0 Å². The molecule has 1 spiro atoms. The highest BCUT2D eigenvalue weighted by molar-refractivity contribution is 6.09. The summed E-state index contributed by atoms with van der Waals surface area (Å²) in [7, 11) is 0. The number of nitriles is 1. The van der Waals surface area contributed by atoms with Gasteiger partial charge < -0.3 is 9.64 Å². The first-order chi connectivity index (χ1) is 15.1. The number of hydrogen-bond donors (Lipinski definition) is 0. The summed E-state index contributed by atoms with van der Waals surface area (Å²) in [5.74, 6) is -0.421.